The fourth-order valence-corrected chi connectivity index (χ4v) is 2.94. The van der Waals surface area contributed by atoms with Crippen LogP contribution in [0.15, 0.2) is 41.9 Å². The van der Waals surface area contributed by atoms with Crippen LogP contribution in [0.4, 0.5) is 5.00 Å². The largest absolute Gasteiger partial charge is 0.361 e. The highest BCUT2D eigenvalue weighted by Crippen LogP contribution is 2.22. The lowest BCUT2D eigenvalue weighted by Gasteiger charge is -2.05. The number of carbonyl (C=O) groups excluding carboxylic acids is 2. The van der Waals surface area contributed by atoms with Crippen LogP contribution >= 0.6 is 11.3 Å². The number of thiophene rings is 1. The molecule has 0 aliphatic heterocycles. The number of aromatic nitrogens is 1. The normalized spacial score (nSPS) is 10.5. The van der Waals surface area contributed by atoms with E-state index in [2.05, 4.69) is 15.8 Å². The Morgan fingerprint density at radius 3 is 2.79 bits per heavy atom. The van der Waals surface area contributed by atoms with Crippen molar-refractivity contribution in [1.29, 1.82) is 0 Å². The van der Waals surface area contributed by atoms with Crippen LogP contribution in [0.2, 0.25) is 0 Å². The second kappa shape index (κ2) is 6.50. The number of hydrogen-bond acceptors (Lipinski definition) is 5. The van der Waals surface area contributed by atoms with E-state index >= 15 is 0 Å². The van der Waals surface area contributed by atoms with E-state index in [0.717, 1.165) is 33.9 Å². The summed E-state index contributed by atoms with van der Waals surface area (Å²) in [7, 11) is 0. The molecule has 2 aromatic heterocycles. The number of aromatic amines is 1. The number of H-pyrrole nitrogens is 1. The Morgan fingerprint density at radius 1 is 1.25 bits per heavy atom. The third kappa shape index (κ3) is 3.25. The average Bonchev–Trinajstić information content (AvgIpc) is 3.20. The van der Waals surface area contributed by atoms with E-state index in [1.807, 2.05) is 24.3 Å². The Kier molecular flexibility index (Phi) is 4.25. The van der Waals surface area contributed by atoms with Crippen LogP contribution in [0.3, 0.4) is 0 Å². The number of hydrazine groups is 1. The van der Waals surface area contributed by atoms with Crippen LogP contribution < -0.4 is 10.9 Å². The van der Waals surface area contributed by atoms with Crippen LogP contribution in [0.1, 0.15) is 15.9 Å². The van der Waals surface area contributed by atoms with Crippen molar-refractivity contribution in [3.8, 4) is 0 Å². The van der Waals surface area contributed by atoms with Crippen LogP contribution in [-0.4, -0.2) is 21.7 Å². The summed E-state index contributed by atoms with van der Waals surface area (Å²) in [4.78, 5) is 36.9. The Morgan fingerprint density at radius 2 is 2.04 bits per heavy atom. The number of carbonyl (C=O) groups is 2. The third-order valence-electron chi connectivity index (χ3n) is 3.37. The van der Waals surface area contributed by atoms with Gasteiger partial charge in [-0.2, -0.15) is 0 Å². The molecule has 0 aliphatic rings. The Balaban J connectivity index is 1.59. The molecular formula is C15H12N4O4S. The van der Waals surface area contributed by atoms with Crippen molar-refractivity contribution >= 4 is 39.1 Å². The first kappa shape index (κ1) is 15.7. The Labute approximate surface area is 139 Å². The SMILES string of the molecule is O=C(Cc1c[nH]c2ccccc12)NNC(=O)c1csc([N+](=O)[O-])c1. The van der Waals surface area contributed by atoms with Gasteiger partial charge in [-0.15, -0.1) is 0 Å². The molecule has 2 amide bonds. The minimum absolute atomic E-state index is 0.0913. The van der Waals surface area contributed by atoms with Gasteiger partial charge in [0.2, 0.25) is 5.91 Å². The first-order chi connectivity index (χ1) is 11.5. The van der Waals surface area contributed by atoms with Crippen LogP contribution in [0.5, 0.6) is 0 Å². The number of para-hydroxylation sites is 1. The van der Waals surface area contributed by atoms with Gasteiger partial charge in [0.05, 0.1) is 16.9 Å². The van der Waals surface area contributed by atoms with Crippen molar-refractivity contribution in [2.24, 2.45) is 0 Å². The number of rotatable bonds is 4. The van der Waals surface area contributed by atoms with Gasteiger partial charge in [0.1, 0.15) is 0 Å². The number of hydrogen-bond donors (Lipinski definition) is 3. The van der Waals surface area contributed by atoms with Crippen molar-refractivity contribution < 1.29 is 14.5 Å². The van der Waals surface area contributed by atoms with Crippen LogP contribution in [0, 0.1) is 10.1 Å². The van der Waals surface area contributed by atoms with Gasteiger partial charge in [0, 0.05) is 28.5 Å². The number of amides is 2. The molecule has 0 spiro atoms. The molecule has 0 saturated carbocycles. The highest BCUT2D eigenvalue weighted by Gasteiger charge is 2.16. The van der Waals surface area contributed by atoms with Crippen molar-refractivity contribution in [3.63, 3.8) is 0 Å². The van der Waals surface area contributed by atoms with Gasteiger partial charge in [-0.25, -0.2) is 0 Å². The van der Waals surface area contributed by atoms with E-state index in [1.165, 1.54) is 5.38 Å². The molecule has 0 fully saturated rings. The zero-order chi connectivity index (χ0) is 17.1. The number of nitrogens with one attached hydrogen (secondary N) is 3. The fourth-order valence-electron chi connectivity index (χ4n) is 2.23. The molecule has 1 aromatic carbocycles. The number of fused-ring (bicyclic) bond motifs is 1. The number of nitrogens with zero attached hydrogens (tertiary/aromatic N) is 1. The van der Waals surface area contributed by atoms with Gasteiger partial charge in [0.15, 0.2) is 0 Å². The van der Waals surface area contributed by atoms with E-state index < -0.39 is 16.7 Å². The molecule has 0 bridgehead atoms. The van der Waals surface area contributed by atoms with E-state index in [0.29, 0.717) is 0 Å². The maximum Gasteiger partial charge on any atom is 0.324 e. The zero-order valence-corrected chi connectivity index (χ0v) is 13.1. The van der Waals surface area contributed by atoms with Crippen molar-refractivity contribution in [3.05, 3.63) is 63.1 Å². The molecule has 0 aliphatic carbocycles. The smallest absolute Gasteiger partial charge is 0.324 e. The summed E-state index contributed by atoms with van der Waals surface area (Å²) in [6.07, 6.45) is 1.84. The van der Waals surface area contributed by atoms with E-state index in [-0.39, 0.29) is 17.0 Å². The first-order valence-electron chi connectivity index (χ1n) is 6.91. The molecule has 24 heavy (non-hydrogen) atoms. The predicted octanol–water partition coefficient (Wildman–Crippen LogP) is 2.14. The maximum atomic E-state index is 12.0. The lowest BCUT2D eigenvalue weighted by molar-refractivity contribution is -0.380. The van der Waals surface area contributed by atoms with Crippen LogP contribution in [0.25, 0.3) is 10.9 Å². The molecule has 122 valence electrons. The topological polar surface area (TPSA) is 117 Å². The quantitative estimate of drug-likeness (QED) is 0.496. The molecule has 9 heteroatoms. The lowest BCUT2D eigenvalue weighted by atomic mass is 10.1. The lowest BCUT2D eigenvalue weighted by Crippen LogP contribution is -2.42. The average molecular weight is 344 g/mol. The molecule has 3 N–H and O–H groups in total. The summed E-state index contributed by atoms with van der Waals surface area (Å²) in [5.41, 5.74) is 6.41. The van der Waals surface area contributed by atoms with E-state index in [9.17, 15) is 19.7 Å². The van der Waals surface area contributed by atoms with Crippen molar-refractivity contribution in [2.45, 2.75) is 6.42 Å². The Hall–Kier alpha value is -3.20. The van der Waals surface area contributed by atoms with Crippen molar-refractivity contribution in [1.82, 2.24) is 15.8 Å². The first-order valence-corrected chi connectivity index (χ1v) is 7.79. The van der Waals surface area contributed by atoms with Gasteiger partial charge in [-0.05, 0) is 11.6 Å². The summed E-state index contributed by atoms with van der Waals surface area (Å²) in [5, 5.41) is 12.8. The van der Waals surface area contributed by atoms with Gasteiger partial charge in [-0.3, -0.25) is 30.6 Å². The summed E-state index contributed by atoms with van der Waals surface area (Å²) < 4.78 is 0. The fraction of sp³-hybridized carbons (Fsp3) is 0.0667. The molecule has 0 saturated heterocycles. The van der Waals surface area contributed by atoms with Gasteiger partial charge in [-0.1, -0.05) is 29.5 Å². The Bertz CT molecular complexity index is 930. The summed E-state index contributed by atoms with van der Waals surface area (Å²) in [6, 6.07) is 8.73. The molecule has 8 nitrogen and oxygen atoms in total. The van der Waals surface area contributed by atoms with Crippen molar-refractivity contribution in [2.75, 3.05) is 0 Å². The standard InChI is InChI=1S/C15H12N4O4S/c20-13(5-9-7-16-12-4-2-1-3-11(9)12)17-18-15(21)10-6-14(19(22)23)24-8-10/h1-4,6-8,16H,5H2,(H,17,20)(H,18,21). The molecule has 0 radical (unpaired) electrons. The minimum atomic E-state index is -0.605. The monoisotopic (exact) mass is 344 g/mol. The zero-order valence-electron chi connectivity index (χ0n) is 12.2. The molecule has 3 aromatic rings. The van der Waals surface area contributed by atoms with Gasteiger partial charge >= 0.3 is 5.00 Å². The highest BCUT2D eigenvalue weighted by molar-refractivity contribution is 7.13. The summed E-state index contributed by atoms with van der Waals surface area (Å²) in [6.45, 7) is 0. The molecule has 2 heterocycles. The molecular weight excluding hydrogens is 332 g/mol. The number of benzene rings is 1. The van der Waals surface area contributed by atoms with Gasteiger partial charge in [0.25, 0.3) is 5.91 Å². The molecule has 3 rings (SSSR count). The molecule has 0 atom stereocenters. The van der Waals surface area contributed by atoms with E-state index in [1.54, 1.807) is 6.20 Å². The minimum Gasteiger partial charge on any atom is -0.361 e. The van der Waals surface area contributed by atoms with E-state index in [4.69, 9.17) is 0 Å². The second-order valence-electron chi connectivity index (χ2n) is 4.97. The third-order valence-corrected chi connectivity index (χ3v) is 4.25. The number of nitro groups is 1. The summed E-state index contributed by atoms with van der Waals surface area (Å²) >= 11 is 0.849. The predicted molar refractivity (Wildman–Crippen MR) is 88.6 cm³/mol. The maximum absolute atomic E-state index is 12.0. The highest BCUT2D eigenvalue weighted by atomic mass is 32.1. The second-order valence-corrected chi connectivity index (χ2v) is 5.86. The van der Waals surface area contributed by atoms with Gasteiger partial charge < -0.3 is 4.98 Å². The molecule has 0 unspecified atom stereocenters. The summed E-state index contributed by atoms with van der Waals surface area (Å²) in [5.74, 6) is -0.996. The van der Waals surface area contributed by atoms with Crippen LogP contribution in [-0.2, 0) is 11.2 Å².